The number of hydrogen-bond acceptors (Lipinski definition) is 2. The number of carbonyl (C=O) groups is 2. The fraction of sp³-hybridized carbons (Fsp3) is 0.273. The maximum atomic E-state index is 13.5. The van der Waals surface area contributed by atoms with Crippen LogP contribution in [0.2, 0.25) is 0 Å². The first-order valence-corrected chi connectivity index (χ1v) is 5.99. The third-order valence-electron chi connectivity index (χ3n) is 2.25. The quantitative estimate of drug-likeness (QED) is 0.888. The highest BCUT2D eigenvalue weighted by molar-refractivity contribution is 9.10. The summed E-state index contributed by atoms with van der Waals surface area (Å²) in [5, 5.41) is 10.5. The van der Waals surface area contributed by atoms with Gasteiger partial charge >= 0.3 is 12.0 Å². The molecule has 5 nitrogen and oxygen atoms in total. The molecule has 19 heavy (non-hydrogen) atoms. The van der Waals surface area contributed by atoms with Crippen molar-refractivity contribution < 1.29 is 23.5 Å². The minimum absolute atomic E-state index is 0.0685. The van der Waals surface area contributed by atoms with Gasteiger partial charge in [-0.1, -0.05) is 15.9 Å². The molecule has 2 amide bonds. The predicted molar refractivity (Wildman–Crippen MR) is 68.0 cm³/mol. The van der Waals surface area contributed by atoms with E-state index in [2.05, 4.69) is 21.2 Å². The molecule has 0 unspecified atom stereocenters. The fourth-order valence-electron chi connectivity index (χ4n) is 1.23. The Labute approximate surface area is 116 Å². The van der Waals surface area contributed by atoms with E-state index in [-0.39, 0.29) is 17.4 Å². The number of aliphatic carboxylic acids is 1. The molecule has 0 saturated heterocycles. The Bertz CT molecular complexity index is 488. The molecule has 0 aliphatic carbocycles. The van der Waals surface area contributed by atoms with Gasteiger partial charge in [0, 0.05) is 18.1 Å². The lowest BCUT2D eigenvalue weighted by Crippen LogP contribution is -2.33. The number of nitrogens with zero attached hydrogens (tertiary/aromatic N) is 1. The number of halogens is 3. The molecule has 8 heteroatoms. The van der Waals surface area contributed by atoms with E-state index in [1.165, 1.54) is 7.05 Å². The van der Waals surface area contributed by atoms with Gasteiger partial charge in [0.25, 0.3) is 0 Å². The van der Waals surface area contributed by atoms with Gasteiger partial charge in [0.15, 0.2) is 11.6 Å². The van der Waals surface area contributed by atoms with Gasteiger partial charge in [-0.2, -0.15) is 0 Å². The van der Waals surface area contributed by atoms with Gasteiger partial charge in [0.2, 0.25) is 0 Å². The third-order valence-corrected chi connectivity index (χ3v) is 2.70. The molecule has 0 aliphatic heterocycles. The van der Waals surface area contributed by atoms with Gasteiger partial charge < -0.3 is 15.3 Å². The third kappa shape index (κ3) is 4.47. The van der Waals surface area contributed by atoms with Crippen LogP contribution in [0.15, 0.2) is 16.6 Å². The van der Waals surface area contributed by atoms with Gasteiger partial charge in [-0.25, -0.2) is 13.6 Å². The smallest absolute Gasteiger partial charge is 0.321 e. The number of carboxylic acids is 1. The van der Waals surface area contributed by atoms with Crippen LogP contribution < -0.4 is 5.32 Å². The highest BCUT2D eigenvalue weighted by atomic mass is 79.9. The summed E-state index contributed by atoms with van der Waals surface area (Å²) in [4.78, 5) is 23.0. The van der Waals surface area contributed by atoms with Crippen molar-refractivity contribution in [3.63, 3.8) is 0 Å². The maximum Gasteiger partial charge on any atom is 0.321 e. The number of rotatable bonds is 4. The Kier molecular flexibility index (Phi) is 5.22. The van der Waals surface area contributed by atoms with E-state index in [0.717, 1.165) is 17.0 Å². The molecule has 1 aromatic carbocycles. The van der Waals surface area contributed by atoms with Crippen molar-refractivity contribution in [2.24, 2.45) is 0 Å². The number of urea groups is 1. The second kappa shape index (κ2) is 6.46. The van der Waals surface area contributed by atoms with Gasteiger partial charge in [-0.15, -0.1) is 0 Å². The Hall–Kier alpha value is -1.70. The number of nitrogens with one attached hydrogen (secondary N) is 1. The zero-order valence-electron chi connectivity index (χ0n) is 9.91. The second-order valence-corrected chi connectivity index (χ2v) is 4.66. The van der Waals surface area contributed by atoms with Crippen LogP contribution in [0.4, 0.5) is 19.3 Å². The highest BCUT2D eigenvalue weighted by Crippen LogP contribution is 2.23. The zero-order chi connectivity index (χ0) is 14.6. The van der Waals surface area contributed by atoms with Crippen LogP contribution in [0.25, 0.3) is 0 Å². The van der Waals surface area contributed by atoms with E-state index in [4.69, 9.17) is 5.11 Å². The molecule has 0 aromatic heterocycles. The molecule has 0 atom stereocenters. The normalized spacial score (nSPS) is 10.1. The summed E-state index contributed by atoms with van der Waals surface area (Å²) in [6.45, 7) is -0.0685. The van der Waals surface area contributed by atoms with E-state index in [9.17, 15) is 18.4 Å². The average molecular weight is 337 g/mol. The van der Waals surface area contributed by atoms with Gasteiger partial charge in [0.05, 0.1) is 6.42 Å². The Morgan fingerprint density at radius 2 is 1.89 bits per heavy atom. The molecule has 0 saturated carbocycles. The minimum atomic E-state index is -1.07. The number of benzene rings is 1. The summed E-state index contributed by atoms with van der Waals surface area (Å²) in [5.74, 6) is -2.92. The Morgan fingerprint density at radius 3 is 2.37 bits per heavy atom. The van der Waals surface area contributed by atoms with Crippen LogP contribution in [0.3, 0.4) is 0 Å². The van der Waals surface area contributed by atoms with Crippen molar-refractivity contribution in [1.82, 2.24) is 4.90 Å². The van der Waals surface area contributed by atoms with Crippen LogP contribution in [0.1, 0.15) is 6.42 Å². The second-order valence-electron chi connectivity index (χ2n) is 3.74. The minimum Gasteiger partial charge on any atom is -0.481 e. The first kappa shape index (κ1) is 15.4. The molecule has 2 N–H and O–H groups in total. The lowest BCUT2D eigenvalue weighted by atomic mass is 10.3. The summed E-state index contributed by atoms with van der Waals surface area (Å²) in [6.07, 6.45) is -0.255. The molecule has 0 aliphatic rings. The largest absolute Gasteiger partial charge is 0.481 e. The van der Waals surface area contributed by atoms with Crippen molar-refractivity contribution in [2.75, 3.05) is 18.9 Å². The fourth-order valence-corrected chi connectivity index (χ4v) is 1.63. The molecule has 0 bridgehead atoms. The standard InChI is InChI=1S/C11H11BrF2N2O3/c1-16(3-2-9(17)18)11(19)15-10-7(13)4-6(12)5-8(10)14/h4-5H,2-3H2,1H3,(H,15,19)(H,17,18). The summed E-state index contributed by atoms with van der Waals surface area (Å²) < 4.78 is 27.1. The van der Waals surface area contributed by atoms with Crippen molar-refractivity contribution in [3.05, 3.63) is 28.2 Å². The Morgan fingerprint density at radius 1 is 1.37 bits per heavy atom. The first-order valence-electron chi connectivity index (χ1n) is 5.19. The molecule has 104 valence electrons. The lowest BCUT2D eigenvalue weighted by molar-refractivity contribution is -0.137. The topological polar surface area (TPSA) is 69.6 Å². The molecule has 0 spiro atoms. The summed E-state index contributed by atoms with van der Waals surface area (Å²) in [6, 6.07) is 1.23. The van der Waals surface area contributed by atoms with Crippen LogP contribution in [0.5, 0.6) is 0 Å². The zero-order valence-corrected chi connectivity index (χ0v) is 11.5. The first-order chi connectivity index (χ1) is 8.81. The average Bonchev–Trinajstić information content (AvgIpc) is 2.30. The SMILES string of the molecule is CN(CCC(=O)O)C(=O)Nc1c(F)cc(Br)cc1F. The van der Waals surface area contributed by atoms with Crippen LogP contribution >= 0.6 is 15.9 Å². The number of carboxylic acid groups (broad SMARTS) is 1. The molecular formula is C11H11BrF2N2O3. The van der Waals surface area contributed by atoms with E-state index in [1.54, 1.807) is 0 Å². The van der Waals surface area contributed by atoms with Crippen molar-refractivity contribution in [1.29, 1.82) is 0 Å². The molecular weight excluding hydrogens is 326 g/mol. The number of carbonyl (C=O) groups excluding carboxylic acids is 1. The number of hydrogen-bond donors (Lipinski definition) is 2. The lowest BCUT2D eigenvalue weighted by Gasteiger charge is -2.17. The summed E-state index contributed by atoms with van der Waals surface area (Å²) in [7, 11) is 1.33. The van der Waals surface area contributed by atoms with Gasteiger partial charge in [-0.05, 0) is 12.1 Å². The van der Waals surface area contributed by atoms with Crippen molar-refractivity contribution in [2.45, 2.75) is 6.42 Å². The predicted octanol–water partition coefficient (Wildman–Crippen LogP) is 2.67. The maximum absolute atomic E-state index is 13.5. The van der Waals surface area contributed by atoms with E-state index < -0.39 is 29.3 Å². The van der Waals surface area contributed by atoms with Crippen LogP contribution in [-0.2, 0) is 4.79 Å². The molecule has 0 radical (unpaired) electrons. The van der Waals surface area contributed by atoms with E-state index in [0.29, 0.717) is 0 Å². The van der Waals surface area contributed by atoms with Crippen molar-refractivity contribution in [3.8, 4) is 0 Å². The van der Waals surface area contributed by atoms with Crippen LogP contribution in [-0.4, -0.2) is 35.6 Å². The van der Waals surface area contributed by atoms with E-state index in [1.807, 2.05) is 0 Å². The van der Waals surface area contributed by atoms with Crippen molar-refractivity contribution >= 4 is 33.6 Å². The summed E-state index contributed by atoms with van der Waals surface area (Å²) >= 11 is 2.91. The van der Waals surface area contributed by atoms with Gasteiger partial charge in [0.1, 0.15) is 5.69 Å². The number of anilines is 1. The molecule has 0 heterocycles. The summed E-state index contributed by atoms with van der Waals surface area (Å²) in [5.41, 5.74) is -0.574. The highest BCUT2D eigenvalue weighted by Gasteiger charge is 2.16. The number of amides is 2. The van der Waals surface area contributed by atoms with E-state index >= 15 is 0 Å². The molecule has 1 aromatic rings. The molecule has 1 rings (SSSR count). The Balaban J connectivity index is 2.74. The molecule has 0 fully saturated rings. The van der Waals surface area contributed by atoms with Crippen LogP contribution in [0, 0.1) is 11.6 Å². The van der Waals surface area contributed by atoms with Gasteiger partial charge in [-0.3, -0.25) is 4.79 Å². The monoisotopic (exact) mass is 336 g/mol.